The largest absolute Gasteiger partial charge is 0.454 e. The van der Waals surface area contributed by atoms with Gasteiger partial charge in [-0.3, -0.25) is 19.2 Å². The van der Waals surface area contributed by atoms with Crippen molar-refractivity contribution in [3.63, 3.8) is 0 Å². The zero-order chi connectivity index (χ0) is 25.5. The van der Waals surface area contributed by atoms with E-state index in [-0.39, 0.29) is 12.4 Å². The number of aromatic nitrogens is 2. The highest BCUT2D eigenvalue weighted by Crippen LogP contribution is 2.35. The molecule has 6 rings (SSSR count). The Morgan fingerprint density at radius 1 is 0.865 bits per heavy atom. The van der Waals surface area contributed by atoms with Gasteiger partial charge in [0.05, 0.1) is 19.0 Å². The summed E-state index contributed by atoms with van der Waals surface area (Å²) in [7, 11) is 0. The second-order valence-corrected chi connectivity index (χ2v) is 9.82. The first-order valence-electron chi connectivity index (χ1n) is 12.6. The van der Waals surface area contributed by atoms with Crippen LogP contribution in [0.25, 0.3) is 0 Å². The number of aryl methyl sites for hydroxylation is 2. The van der Waals surface area contributed by atoms with Gasteiger partial charge in [-0.2, -0.15) is 0 Å². The fourth-order valence-electron chi connectivity index (χ4n) is 5.14. The lowest BCUT2D eigenvalue weighted by Gasteiger charge is -2.39. The van der Waals surface area contributed by atoms with Gasteiger partial charge in [0.1, 0.15) is 0 Å². The van der Waals surface area contributed by atoms with Crippen molar-refractivity contribution in [3.8, 4) is 11.5 Å². The molecule has 0 aliphatic carbocycles. The first kappa shape index (κ1) is 23.3. The average molecular weight is 495 g/mol. The molecular weight excluding hydrogens is 464 g/mol. The van der Waals surface area contributed by atoms with E-state index < -0.39 is 0 Å². The Labute approximate surface area is 216 Å². The van der Waals surface area contributed by atoms with E-state index in [0.29, 0.717) is 32.3 Å². The van der Waals surface area contributed by atoms with E-state index in [1.807, 2.05) is 41.8 Å². The Morgan fingerprint density at radius 2 is 1.68 bits per heavy atom. The van der Waals surface area contributed by atoms with Gasteiger partial charge in [-0.25, -0.2) is 4.98 Å². The lowest BCUT2D eigenvalue weighted by molar-refractivity contribution is 0.173. The van der Waals surface area contributed by atoms with Crippen LogP contribution in [-0.4, -0.2) is 27.9 Å². The number of hydrogen-bond donors (Lipinski definition) is 0. The summed E-state index contributed by atoms with van der Waals surface area (Å²) in [6, 6.07) is 22.4. The normalized spacial score (nSPS) is 14.6. The minimum absolute atomic E-state index is 0.0112. The van der Waals surface area contributed by atoms with E-state index >= 15 is 0 Å². The molecule has 0 fully saturated rings. The van der Waals surface area contributed by atoms with Gasteiger partial charge in [0, 0.05) is 24.2 Å². The molecule has 3 heterocycles. The number of anilines is 2. The van der Waals surface area contributed by atoms with E-state index in [1.54, 1.807) is 0 Å². The number of rotatable bonds is 5. The van der Waals surface area contributed by atoms with Crippen molar-refractivity contribution >= 4 is 11.6 Å². The molecule has 2 aliphatic rings. The Morgan fingerprint density at radius 3 is 2.51 bits per heavy atom. The Bertz CT molecular complexity index is 1530. The lowest BCUT2D eigenvalue weighted by Crippen LogP contribution is -2.47. The molecule has 2 aliphatic heterocycles. The molecule has 0 spiro atoms. The van der Waals surface area contributed by atoms with Gasteiger partial charge in [-0.15, -0.1) is 0 Å². The minimum Gasteiger partial charge on any atom is -0.454 e. The van der Waals surface area contributed by atoms with Crippen LogP contribution < -0.4 is 19.9 Å². The van der Waals surface area contributed by atoms with Crippen LogP contribution in [0.3, 0.4) is 0 Å². The smallest absolute Gasteiger partial charge is 0.259 e. The van der Waals surface area contributed by atoms with Crippen molar-refractivity contribution in [1.29, 1.82) is 0 Å². The average Bonchev–Trinajstić information content (AvgIpc) is 3.37. The molecular formula is C30H30N4O3. The SMILES string of the molecule is Cc1cccc(N2CN(Cc3ccc4c(c3)OCO4)Cn3c2nc(C)c(Cc2ccccc2)c3=O)c1C. The van der Waals surface area contributed by atoms with E-state index in [2.05, 4.69) is 60.0 Å². The monoisotopic (exact) mass is 494 g/mol. The highest BCUT2D eigenvalue weighted by molar-refractivity contribution is 5.64. The van der Waals surface area contributed by atoms with Crippen LogP contribution in [0, 0.1) is 20.8 Å². The summed E-state index contributed by atoms with van der Waals surface area (Å²) >= 11 is 0. The van der Waals surface area contributed by atoms with E-state index in [9.17, 15) is 4.79 Å². The number of ether oxygens (including phenoxy) is 2. The molecule has 37 heavy (non-hydrogen) atoms. The molecule has 0 N–H and O–H groups in total. The van der Waals surface area contributed by atoms with E-state index in [0.717, 1.165) is 39.6 Å². The lowest BCUT2D eigenvalue weighted by atomic mass is 10.0. The summed E-state index contributed by atoms with van der Waals surface area (Å²) in [6.07, 6.45) is 0.560. The summed E-state index contributed by atoms with van der Waals surface area (Å²) < 4.78 is 12.9. The summed E-state index contributed by atoms with van der Waals surface area (Å²) in [5, 5.41) is 0. The molecule has 3 aromatic carbocycles. The third kappa shape index (κ3) is 4.36. The van der Waals surface area contributed by atoms with Gasteiger partial charge in [-0.1, -0.05) is 48.5 Å². The second-order valence-electron chi connectivity index (χ2n) is 9.82. The predicted molar refractivity (Wildman–Crippen MR) is 144 cm³/mol. The predicted octanol–water partition coefficient (Wildman–Crippen LogP) is 5.06. The van der Waals surface area contributed by atoms with Crippen molar-refractivity contribution in [2.75, 3.05) is 18.4 Å². The minimum atomic E-state index is 0.0112. The summed E-state index contributed by atoms with van der Waals surface area (Å²) in [5.41, 5.74) is 7.18. The van der Waals surface area contributed by atoms with Crippen LogP contribution >= 0.6 is 0 Å². The fourth-order valence-corrected chi connectivity index (χ4v) is 5.14. The standard InChI is InChI=1S/C30H30N4O3/c1-20-8-7-11-26(21(20)2)33-17-32(16-24-12-13-27-28(15-24)37-19-36-27)18-34-29(35)25(22(3)31-30(33)34)14-23-9-5-4-6-10-23/h4-13,15H,14,16-19H2,1-3H3. The van der Waals surface area contributed by atoms with Gasteiger partial charge in [0.15, 0.2) is 11.5 Å². The number of hydrogen-bond acceptors (Lipinski definition) is 6. The van der Waals surface area contributed by atoms with Crippen molar-refractivity contribution < 1.29 is 9.47 Å². The Kier molecular flexibility index (Phi) is 5.93. The highest BCUT2D eigenvalue weighted by Gasteiger charge is 2.29. The Balaban J connectivity index is 1.42. The molecule has 0 amide bonds. The van der Waals surface area contributed by atoms with Crippen LogP contribution in [0.5, 0.6) is 11.5 Å². The molecule has 0 bridgehead atoms. The summed E-state index contributed by atoms with van der Waals surface area (Å²) in [6.45, 7) is 8.16. The zero-order valence-corrected chi connectivity index (χ0v) is 21.4. The molecule has 0 radical (unpaired) electrons. The number of fused-ring (bicyclic) bond motifs is 2. The Hall–Kier alpha value is -4.10. The molecule has 0 unspecified atom stereocenters. The first-order chi connectivity index (χ1) is 18.0. The van der Waals surface area contributed by atoms with Crippen LogP contribution in [0.15, 0.2) is 71.5 Å². The zero-order valence-electron chi connectivity index (χ0n) is 21.4. The molecule has 7 nitrogen and oxygen atoms in total. The maximum atomic E-state index is 14.0. The van der Waals surface area contributed by atoms with Crippen molar-refractivity contribution in [2.45, 2.75) is 40.4 Å². The summed E-state index contributed by atoms with van der Waals surface area (Å²) in [4.78, 5) is 23.4. The van der Waals surface area contributed by atoms with Gasteiger partial charge in [0.25, 0.3) is 5.56 Å². The third-order valence-corrected chi connectivity index (χ3v) is 7.31. The van der Waals surface area contributed by atoms with Crippen molar-refractivity contribution in [2.24, 2.45) is 0 Å². The van der Waals surface area contributed by atoms with Gasteiger partial charge in [0.2, 0.25) is 12.7 Å². The van der Waals surface area contributed by atoms with Crippen molar-refractivity contribution in [1.82, 2.24) is 14.5 Å². The van der Waals surface area contributed by atoms with Crippen molar-refractivity contribution in [3.05, 3.63) is 111 Å². The molecule has 4 aromatic rings. The third-order valence-electron chi connectivity index (χ3n) is 7.31. The van der Waals surface area contributed by atoms with Gasteiger partial charge in [-0.05, 0) is 61.2 Å². The molecule has 7 heteroatoms. The molecule has 0 saturated heterocycles. The number of benzene rings is 3. The highest BCUT2D eigenvalue weighted by atomic mass is 16.7. The van der Waals surface area contributed by atoms with Crippen LogP contribution in [0.1, 0.15) is 33.5 Å². The molecule has 188 valence electrons. The maximum Gasteiger partial charge on any atom is 0.259 e. The van der Waals surface area contributed by atoms with Gasteiger partial charge < -0.3 is 9.47 Å². The molecule has 0 atom stereocenters. The molecule has 1 aromatic heterocycles. The first-order valence-corrected chi connectivity index (χ1v) is 12.6. The van der Waals surface area contributed by atoms with E-state index in [1.165, 1.54) is 11.1 Å². The summed E-state index contributed by atoms with van der Waals surface area (Å²) in [5.74, 6) is 2.22. The van der Waals surface area contributed by atoms with Crippen LogP contribution in [0.2, 0.25) is 0 Å². The van der Waals surface area contributed by atoms with Gasteiger partial charge >= 0.3 is 0 Å². The van der Waals surface area contributed by atoms with Crippen LogP contribution in [-0.2, 0) is 19.6 Å². The van der Waals surface area contributed by atoms with Crippen LogP contribution in [0.4, 0.5) is 11.6 Å². The maximum absolute atomic E-state index is 14.0. The quantitative estimate of drug-likeness (QED) is 0.387. The topological polar surface area (TPSA) is 59.8 Å². The van der Waals surface area contributed by atoms with E-state index in [4.69, 9.17) is 14.5 Å². The fraction of sp³-hybridized carbons (Fsp3) is 0.267. The second kappa shape index (κ2) is 9.41. The number of nitrogens with zero attached hydrogens (tertiary/aromatic N) is 4. The molecule has 0 saturated carbocycles.